The van der Waals surface area contributed by atoms with Crippen LogP contribution in [0.15, 0.2) is 29.1 Å². The third kappa shape index (κ3) is 4.07. The minimum absolute atomic E-state index is 0.137. The van der Waals surface area contributed by atoms with Gasteiger partial charge < -0.3 is 10.2 Å². The number of fused-ring (bicyclic) bond motifs is 1. The molecular weight excluding hydrogens is 316 g/mol. The van der Waals surface area contributed by atoms with E-state index in [9.17, 15) is 9.59 Å². The minimum atomic E-state index is -0.202. The van der Waals surface area contributed by atoms with Crippen molar-refractivity contribution in [1.82, 2.24) is 15.1 Å². The second kappa shape index (κ2) is 7.78. The highest BCUT2D eigenvalue weighted by Gasteiger charge is 2.18. The Labute approximate surface area is 147 Å². The molecule has 1 amide bonds. The number of quaternary nitrogens is 1. The summed E-state index contributed by atoms with van der Waals surface area (Å²) in [5, 5.41) is 8.53. The van der Waals surface area contributed by atoms with E-state index in [2.05, 4.69) is 10.4 Å². The second-order valence-electron chi connectivity index (χ2n) is 7.24. The molecule has 0 unspecified atom stereocenters. The fourth-order valence-electron chi connectivity index (χ4n) is 3.43. The predicted molar refractivity (Wildman–Crippen MR) is 98.0 cm³/mol. The van der Waals surface area contributed by atoms with Crippen LogP contribution >= 0.6 is 0 Å². The van der Waals surface area contributed by atoms with E-state index in [4.69, 9.17) is 0 Å². The SMILES string of the molecule is CC(C)Cn1nc(C(=O)NCC[NH+]2CCCC2)c2ccccc2c1=O. The highest BCUT2D eigenvalue weighted by atomic mass is 16.2. The van der Waals surface area contributed by atoms with Crippen molar-refractivity contribution in [3.8, 4) is 0 Å². The molecule has 134 valence electrons. The van der Waals surface area contributed by atoms with Crippen molar-refractivity contribution in [2.45, 2.75) is 33.2 Å². The van der Waals surface area contributed by atoms with Crippen LogP contribution in [0.5, 0.6) is 0 Å². The zero-order valence-corrected chi connectivity index (χ0v) is 15.0. The highest BCUT2D eigenvalue weighted by molar-refractivity contribution is 6.04. The maximum absolute atomic E-state index is 12.7. The number of carbonyl (C=O) groups is 1. The van der Waals surface area contributed by atoms with Gasteiger partial charge >= 0.3 is 0 Å². The smallest absolute Gasteiger partial charge is 0.274 e. The maximum atomic E-state index is 12.7. The van der Waals surface area contributed by atoms with Crippen LogP contribution in [-0.4, -0.2) is 41.9 Å². The predicted octanol–water partition coefficient (Wildman–Crippen LogP) is 0.461. The molecule has 2 N–H and O–H groups in total. The Morgan fingerprint density at radius 2 is 1.92 bits per heavy atom. The van der Waals surface area contributed by atoms with Gasteiger partial charge in [0.05, 0.1) is 31.6 Å². The fourth-order valence-corrected chi connectivity index (χ4v) is 3.43. The number of benzene rings is 1. The Morgan fingerprint density at radius 3 is 2.60 bits per heavy atom. The van der Waals surface area contributed by atoms with Gasteiger partial charge in [0.15, 0.2) is 5.69 Å². The number of hydrogen-bond acceptors (Lipinski definition) is 3. The van der Waals surface area contributed by atoms with Crippen molar-refractivity contribution in [3.05, 3.63) is 40.3 Å². The van der Waals surface area contributed by atoms with Crippen LogP contribution in [0.4, 0.5) is 0 Å². The number of amides is 1. The van der Waals surface area contributed by atoms with E-state index >= 15 is 0 Å². The van der Waals surface area contributed by atoms with Gasteiger partial charge in [-0.1, -0.05) is 32.0 Å². The van der Waals surface area contributed by atoms with Gasteiger partial charge in [-0.05, 0) is 12.0 Å². The molecule has 0 radical (unpaired) electrons. The van der Waals surface area contributed by atoms with Gasteiger partial charge in [-0.3, -0.25) is 9.59 Å². The topological polar surface area (TPSA) is 68.4 Å². The lowest BCUT2D eigenvalue weighted by Crippen LogP contribution is -3.10. The quantitative estimate of drug-likeness (QED) is 0.801. The number of carbonyl (C=O) groups excluding carboxylic acids is 1. The highest BCUT2D eigenvalue weighted by Crippen LogP contribution is 2.13. The Hall–Kier alpha value is -2.21. The number of aromatic nitrogens is 2. The lowest BCUT2D eigenvalue weighted by molar-refractivity contribution is -0.886. The van der Waals surface area contributed by atoms with E-state index in [0.717, 1.165) is 6.54 Å². The lowest BCUT2D eigenvalue weighted by atomic mass is 10.1. The summed E-state index contributed by atoms with van der Waals surface area (Å²) in [5.41, 5.74) is 0.203. The Bertz CT molecular complexity index is 807. The van der Waals surface area contributed by atoms with Crippen molar-refractivity contribution in [2.24, 2.45) is 5.92 Å². The van der Waals surface area contributed by atoms with Crippen molar-refractivity contribution in [3.63, 3.8) is 0 Å². The average Bonchev–Trinajstić information content (AvgIpc) is 3.10. The summed E-state index contributed by atoms with van der Waals surface area (Å²) >= 11 is 0. The molecule has 1 aromatic heterocycles. The first-order valence-electron chi connectivity index (χ1n) is 9.18. The summed E-state index contributed by atoms with van der Waals surface area (Å²) in [7, 11) is 0. The molecule has 2 aromatic rings. The lowest BCUT2D eigenvalue weighted by Gasteiger charge is -2.14. The first-order valence-corrected chi connectivity index (χ1v) is 9.18. The monoisotopic (exact) mass is 343 g/mol. The van der Waals surface area contributed by atoms with Crippen molar-refractivity contribution in [1.29, 1.82) is 0 Å². The van der Waals surface area contributed by atoms with E-state index in [1.807, 2.05) is 26.0 Å². The molecule has 6 heteroatoms. The molecule has 1 aliphatic rings. The van der Waals surface area contributed by atoms with Gasteiger partial charge in [0, 0.05) is 24.8 Å². The molecule has 2 heterocycles. The van der Waals surface area contributed by atoms with Crippen LogP contribution in [0.25, 0.3) is 10.8 Å². The van der Waals surface area contributed by atoms with Gasteiger partial charge in [0.1, 0.15) is 0 Å². The third-order valence-corrected chi connectivity index (χ3v) is 4.70. The number of rotatable bonds is 6. The van der Waals surface area contributed by atoms with Crippen LogP contribution in [0, 0.1) is 5.92 Å². The summed E-state index contributed by atoms with van der Waals surface area (Å²) in [4.78, 5) is 26.8. The molecule has 1 saturated heterocycles. The Balaban J connectivity index is 1.84. The first-order chi connectivity index (χ1) is 12.1. The summed E-state index contributed by atoms with van der Waals surface area (Å²) in [5.74, 6) is 0.0772. The summed E-state index contributed by atoms with van der Waals surface area (Å²) < 4.78 is 1.42. The van der Waals surface area contributed by atoms with Crippen LogP contribution in [0.3, 0.4) is 0 Å². The van der Waals surface area contributed by atoms with Crippen LogP contribution < -0.4 is 15.8 Å². The molecule has 1 aromatic carbocycles. The van der Waals surface area contributed by atoms with Crippen molar-refractivity contribution < 1.29 is 9.69 Å². The molecule has 0 spiro atoms. The van der Waals surface area contributed by atoms with Crippen molar-refractivity contribution in [2.75, 3.05) is 26.2 Å². The maximum Gasteiger partial charge on any atom is 0.274 e. The van der Waals surface area contributed by atoms with Crippen LogP contribution in [-0.2, 0) is 6.54 Å². The molecule has 0 bridgehead atoms. The number of nitrogens with one attached hydrogen (secondary N) is 2. The Kier molecular flexibility index (Phi) is 5.48. The normalized spacial score (nSPS) is 15.2. The minimum Gasteiger partial charge on any atom is -0.345 e. The zero-order valence-electron chi connectivity index (χ0n) is 15.0. The molecule has 0 saturated carbocycles. The van der Waals surface area contributed by atoms with Gasteiger partial charge in [-0.2, -0.15) is 5.10 Å². The molecule has 3 rings (SSSR count). The first kappa shape index (κ1) is 17.6. The zero-order chi connectivity index (χ0) is 17.8. The summed E-state index contributed by atoms with van der Waals surface area (Å²) in [6.07, 6.45) is 2.55. The standard InChI is InChI=1S/C19H26N4O2/c1-14(2)13-23-19(25)16-8-4-3-7-15(16)17(21-23)18(24)20-9-12-22-10-5-6-11-22/h3-4,7-8,14H,5-6,9-13H2,1-2H3,(H,20,24)/p+1. The van der Waals surface area contributed by atoms with E-state index in [1.165, 1.54) is 30.6 Å². The summed E-state index contributed by atoms with van der Waals surface area (Å²) in [6.45, 7) is 8.51. The molecule has 1 fully saturated rings. The van der Waals surface area contributed by atoms with Gasteiger partial charge in [-0.25, -0.2) is 4.68 Å². The molecule has 1 aliphatic heterocycles. The largest absolute Gasteiger partial charge is 0.345 e. The number of nitrogens with zero attached hydrogens (tertiary/aromatic N) is 2. The number of likely N-dealkylation sites (tertiary alicyclic amines) is 1. The van der Waals surface area contributed by atoms with Crippen LogP contribution in [0.2, 0.25) is 0 Å². The van der Waals surface area contributed by atoms with Crippen LogP contribution in [0.1, 0.15) is 37.2 Å². The molecular formula is C19H27N4O2+. The van der Waals surface area contributed by atoms with Gasteiger partial charge in [-0.15, -0.1) is 0 Å². The van der Waals surface area contributed by atoms with Gasteiger partial charge in [0.2, 0.25) is 0 Å². The molecule has 0 aliphatic carbocycles. The fraction of sp³-hybridized carbons (Fsp3) is 0.526. The van der Waals surface area contributed by atoms with E-state index < -0.39 is 0 Å². The van der Waals surface area contributed by atoms with E-state index in [-0.39, 0.29) is 17.4 Å². The van der Waals surface area contributed by atoms with Gasteiger partial charge in [0.25, 0.3) is 11.5 Å². The van der Waals surface area contributed by atoms with E-state index in [1.54, 1.807) is 17.0 Å². The number of hydrogen-bond donors (Lipinski definition) is 2. The van der Waals surface area contributed by atoms with E-state index in [0.29, 0.717) is 29.6 Å². The van der Waals surface area contributed by atoms with Crippen molar-refractivity contribution >= 4 is 16.7 Å². The summed E-state index contributed by atoms with van der Waals surface area (Å²) in [6, 6.07) is 7.22. The third-order valence-electron chi connectivity index (χ3n) is 4.70. The molecule has 25 heavy (non-hydrogen) atoms. The average molecular weight is 343 g/mol. The molecule has 0 atom stereocenters. The molecule has 6 nitrogen and oxygen atoms in total. The Morgan fingerprint density at radius 1 is 1.24 bits per heavy atom. The second-order valence-corrected chi connectivity index (χ2v) is 7.24.